The Morgan fingerprint density at radius 1 is 1.33 bits per heavy atom. The number of aryl methyl sites for hydroxylation is 2. The largest absolute Gasteiger partial charge is 0.369 e. The summed E-state index contributed by atoms with van der Waals surface area (Å²) in [6.07, 6.45) is 6.03. The summed E-state index contributed by atoms with van der Waals surface area (Å²) in [5, 5.41) is 13.8. The Balaban J connectivity index is 1.66. The molecule has 2 heterocycles. The van der Waals surface area contributed by atoms with E-state index in [1.165, 1.54) is 12.8 Å². The highest BCUT2D eigenvalue weighted by atomic mass is 16.1. The molecule has 1 saturated carbocycles. The van der Waals surface area contributed by atoms with Crippen LogP contribution < -0.4 is 10.2 Å². The van der Waals surface area contributed by atoms with E-state index in [2.05, 4.69) is 47.3 Å². The summed E-state index contributed by atoms with van der Waals surface area (Å²) in [6.45, 7) is 6.47. The van der Waals surface area contributed by atoms with Crippen LogP contribution in [0.25, 0.3) is 10.9 Å². The van der Waals surface area contributed by atoms with E-state index in [1.807, 2.05) is 0 Å². The van der Waals surface area contributed by atoms with Crippen LogP contribution in [0.1, 0.15) is 42.4 Å². The van der Waals surface area contributed by atoms with Gasteiger partial charge in [-0.05, 0) is 57.1 Å². The van der Waals surface area contributed by atoms with Crippen LogP contribution >= 0.6 is 0 Å². The standard InChI is InChI=1S/C22H26N4O/c1-14-8-15(2)20-19(9-14)21(18(10-23)12-24-20)26-7-3-4-17(13-26)22(27)25-11-16-5-6-16/h8-9,12,16-17H,3-7,11,13H2,1-2H3,(H,25,27). The van der Waals surface area contributed by atoms with Gasteiger partial charge in [-0.25, -0.2) is 0 Å². The number of carbonyl (C=O) groups is 1. The smallest absolute Gasteiger partial charge is 0.224 e. The zero-order valence-electron chi connectivity index (χ0n) is 16.1. The summed E-state index contributed by atoms with van der Waals surface area (Å²) in [5.74, 6) is 0.836. The molecular formula is C22H26N4O. The van der Waals surface area contributed by atoms with E-state index in [1.54, 1.807) is 6.20 Å². The molecule has 4 rings (SSSR count). The molecule has 1 amide bonds. The molecule has 0 spiro atoms. The lowest BCUT2D eigenvalue weighted by molar-refractivity contribution is -0.125. The Labute approximate surface area is 160 Å². The maximum Gasteiger partial charge on any atom is 0.224 e. The number of rotatable bonds is 4. The summed E-state index contributed by atoms with van der Waals surface area (Å²) in [4.78, 5) is 19.4. The van der Waals surface area contributed by atoms with Gasteiger partial charge < -0.3 is 10.2 Å². The fraction of sp³-hybridized carbons (Fsp3) is 0.500. The normalized spacial score (nSPS) is 19.7. The number of piperidine rings is 1. The average Bonchev–Trinajstić information content (AvgIpc) is 3.49. The Bertz CT molecular complexity index is 926. The molecule has 2 aromatic rings. The molecule has 1 N–H and O–H groups in total. The number of anilines is 1. The van der Waals surface area contributed by atoms with Gasteiger partial charge in [0.15, 0.2) is 0 Å². The van der Waals surface area contributed by atoms with Crippen LogP contribution in [0.15, 0.2) is 18.3 Å². The number of nitriles is 1. The van der Waals surface area contributed by atoms with Gasteiger partial charge >= 0.3 is 0 Å². The highest BCUT2D eigenvalue weighted by Gasteiger charge is 2.30. The van der Waals surface area contributed by atoms with Crippen molar-refractivity contribution in [3.8, 4) is 6.07 Å². The summed E-state index contributed by atoms with van der Waals surface area (Å²) < 4.78 is 0. The lowest BCUT2D eigenvalue weighted by Gasteiger charge is -2.35. The second kappa shape index (κ2) is 7.19. The maximum absolute atomic E-state index is 12.6. The van der Waals surface area contributed by atoms with Crippen molar-refractivity contribution in [2.45, 2.75) is 39.5 Å². The Hall–Kier alpha value is -2.61. The zero-order chi connectivity index (χ0) is 19.0. The van der Waals surface area contributed by atoms with E-state index < -0.39 is 0 Å². The molecule has 1 aromatic carbocycles. The topological polar surface area (TPSA) is 69.0 Å². The van der Waals surface area contributed by atoms with Crippen LogP contribution in [0.3, 0.4) is 0 Å². The van der Waals surface area contributed by atoms with Crippen molar-refractivity contribution in [1.29, 1.82) is 5.26 Å². The summed E-state index contributed by atoms with van der Waals surface area (Å²) >= 11 is 0. The number of benzene rings is 1. The molecule has 2 aliphatic rings. The van der Waals surface area contributed by atoms with Gasteiger partial charge in [-0.1, -0.05) is 11.6 Å². The number of amides is 1. The molecular weight excluding hydrogens is 336 g/mol. The third-order valence-corrected chi connectivity index (χ3v) is 5.77. The molecule has 1 saturated heterocycles. The molecule has 1 aromatic heterocycles. The number of hydrogen-bond donors (Lipinski definition) is 1. The van der Waals surface area contributed by atoms with Crippen molar-refractivity contribution in [2.75, 3.05) is 24.5 Å². The third kappa shape index (κ3) is 3.62. The average molecular weight is 362 g/mol. The van der Waals surface area contributed by atoms with Gasteiger partial charge in [0.25, 0.3) is 0 Å². The molecule has 5 nitrogen and oxygen atoms in total. The number of pyridine rings is 1. The van der Waals surface area contributed by atoms with Crippen LogP contribution in [-0.4, -0.2) is 30.5 Å². The van der Waals surface area contributed by atoms with E-state index in [-0.39, 0.29) is 11.8 Å². The highest BCUT2D eigenvalue weighted by Crippen LogP contribution is 2.34. The molecule has 1 atom stereocenters. The zero-order valence-corrected chi connectivity index (χ0v) is 16.1. The predicted octanol–water partition coefficient (Wildman–Crippen LogP) is 3.47. The fourth-order valence-corrected chi connectivity index (χ4v) is 4.18. The van der Waals surface area contributed by atoms with E-state index >= 15 is 0 Å². The van der Waals surface area contributed by atoms with E-state index in [0.29, 0.717) is 18.0 Å². The third-order valence-electron chi connectivity index (χ3n) is 5.77. The summed E-state index contributed by atoms with van der Waals surface area (Å²) in [7, 11) is 0. The minimum absolute atomic E-state index is 0.0156. The van der Waals surface area contributed by atoms with Crippen LogP contribution in [0, 0.1) is 37.0 Å². The second-order valence-corrected chi connectivity index (χ2v) is 8.08. The predicted molar refractivity (Wildman–Crippen MR) is 107 cm³/mol. The Morgan fingerprint density at radius 3 is 2.89 bits per heavy atom. The van der Waals surface area contributed by atoms with Crippen molar-refractivity contribution in [1.82, 2.24) is 10.3 Å². The second-order valence-electron chi connectivity index (χ2n) is 8.08. The Kier molecular flexibility index (Phi) is 4.73. The monoisotopic (exact) mass is 362 g/mol. The van der Waals surface area contributed by atoms with E-state index in [4.69, 9.17) is 0 Å². The van der Waals surface area contributed by atoms with Gasteiger partial charge in [-0.3, -0.25) is 9.78 Å². The SMILES string of the molecule is Cc1cc(C)c2ncc(C#N)c(N3CCCC(C(=O)NCC4CC4)C3)c2c1. The van der Waals surface area contributed by atoms with Gasteiger partial charge in [0, 0.05) is 31.2 Å². The number of hydrogen-bond acceptors (Lipinski definition) is 4. The van der Waals surface area contributed by atoms with Crippen molar-refractivity contribution >= 4 is 22.5 Å². The first-order chi connectivity index (χ1) is 13.1. The van der Waals surface area contributed by atoms with Gasteiger partial charge in [0.1, 0.15) is 6.07 Å². The molecule has 5 heteroatoms. The van der Waals surface area contributed by atoms with Gasteiger partial charge in [-0.2, -0.15) is 5.26 Å². The lowest BCUT2D eigenvalue weighted by Crippen LogP contribution is -2.43. The van der Waals surface area contributed by atoms with Gasteiger partial charge in [0.2, 0.25) is 5.91 Å². The van der Waals surface area contributed by atoms with Crippen molar-refractivity contribution < 1.29 is 4.79 Å². The first-order valence-electron chi connectivity index (χ1n) is 9.89. The molecule has 0 radical (unpaired) electrons. The molecule has 1 aliphatic carbocycles. The number of aromatic nitrogens is 1. The summed E-state index contributed by atoms with van der Waals surface area (Å²) in [6, 6.07) is 6.55. The van der Waals surface area contributed by atoms with Crippen molar-refractivity contribution in [3.05, 3.63) is 35.0 Å². The maximum atomic E-state index is 12.6. The summed E-state index contributed by atoms with van der Waals surface area (Å²) in [5.41, 5.74) is 4.75. The van der Waals surface area contributed by atoms with Crippen LogP contribution in [0.4, 0.5) is 5.69 Å². The van der Waals surface area contributed by atoms with Crippen LogP contribution in [0.5, 0.6) is 0 Å². The van der Waals surface area contributed by atoms with Gasteiger partial charge in [0.05, 0.1) is 22.7 Å². The minimum Gasteiger partial charge on any atom is -0.369 e. The number of fused-ring (bicyclic) bond motifs is 1. The molecule has 27 heavy (non-hydrogen) atoms. The molecule has 1 unspecified atom stereocenters. The number of nitrogens with one attached hydrogen (secondary N) is 1. The lowest BCUT2D eigenvalue weighted by atomic mass is 9.94. The molecule has 0 bridgehead atoms. The molecule has 140 valence electrons. The molecule has 2 fully saturated rings. The van der Waals surface area contributed by atoms with Crippen molar-refractivity contribution in [2.24, 2.45) is 11.8 Å². The van der Waals surface area contributed by atoms with Crippen molar-refractivity contribution in [3.63, 3.8) is 0 Å². The highest BCUT2D eigenvalue weighted by molar-refractivity contribution is 5.97. The quantitative estimate of drug-likeness (QED) is 0.904. The van der Waals surface area contributed by atoms with Crippen LogP contribution in [0.2, 0.25) is 0 Å². The van der Waals surface area contributed by atoms with Crippen LogP contribution in [-0.2, 0) is 4.79 Å². The first kappa shape index (κ1) is 17.8. The first-order valence-corrected chi connectivity index (χ1v) is 9.89. The Morgan fingerprint density at radius 2 is 2.15 bits per heavy atom. The number of nitrogens with zero attached hydrogens (tertiary/aromatic N) is 3. The van der Waals surface area contributed by atoms with E-state index in [0.717, 1.165) is 53.6 Å². The molecule has 1 aliphatic heterocycles. The number of carbonyl (C=O) groups excluding carboxylic acids is 1. The van der Waals surface area contributed by atoms with E-state index in [9.17, 15) is 10.1 Å². The minimum atomic E-state index is -0.0156. The fourth-order valence-electron chi connectivity index (χ4n) is 4.18. The van der Waals surface area contributed by atoms with Gasteiger partial charge in [-0.15, -0.1) is 0 Å².